The molecule has 2 N–H and O–H groups in total. The standard InChI is InChI=1S/C17H19ClN2O/c1-13(11-14-7-5-6-10-16(14)18)20-17(21)12-19-15-8-3-2-4-9-15/h2-10,13,19H,11-12H2,1H3,(H,20,21). The quantitative estimate of drug-likeness (QED) is 0.857. The normalized spacial score (nSPS) is 11.7. The predicted molar refractivity (Wildman–Crippen MR) is 87.7 cm³/mol. The summed E-state index contributed by atoms with van der Waals surface area (Å²) >= 11 is 6.12. The van der Waals surface area contributed by atoms with Crippen LogP contribution in [0.25, 0.3) is 0 Å². The molecule has 0 saturated carbocycles. The van der Waals surface area contributed by atoms with E-state index in [4.69, 9.17) is 11.6 Å². The van der Waals surface area contributed by atoms with Crippen molar-refractivity contribution in [2.45, 2.75) is 19.4 Å². The molecule has 0 aromatic heterocycles. The molecule has 0 heterocycles. The Morgan fingerprint density at radius 1 is 1.10 bits per heavy atom. The highest BCUT2D eigenvalue weighted by Gasteiger charge is 2.09. The number of carbonyl (C=O) groups is 1. The highest BCUT2D eigenvalue weighted by molar-refractivity contribution is 6.31. The van der Waals surface area contributed by atoms with Gasteiger partial charge in [-0.25, -0.2) is 0 Å². The van der Waals surface area contributed by atoms with Gasteiger partial charge in [0.25, 0.3) is 0 Å². The maximum atomic E-state index is 11.9. The summed E-state index contributed by atoms with van der Waals surface area (Å²) in [5, 5.41) is 6.79. The van der Waals surface area contributed by atoms with Gasteiger partial charge in [-0.05, 0) is 37.1 Å². The van der Waals surface area contributed by atoms with E-state index >= 15 is 0 Å². The lowest BCUT2D eigenvalue weighted by molar-refractivity contribution is -0.119. The van der Waals surface area contributed by atoms with Crippen molar-refractivity contribution in [1.29, 1.82) is 0 Å². The fraction of sp³-hybridized carbons (Fsp3) is 0.235. The van der Waals surface area contributed by atoms with Gasteiger partial charge < -0.3 is 10.6 Å². The maximum Gasteiger partial charge on any atom is 0.239 e. The fourth-order valence-electron chi connectivity index (χ4n) is 2.11. The molecule has 0 fully saturated rings. The van der Waals surface area contributed by atoms with Gasteiger partial charge in [-0.2, -0.15) is 0 Å². The molecule has 0 radical (unpaired) electrons. The van der Waals surface area contributed by atoms with E-state index in [2.05, 4.69) is 10.6 Å². The first-order valence-electron chi connectivity index (χ1n) is 6.97. The predicted octanol–water partition coefficient (Wildman–Crippen LogP) is 3.50. The molecule has 1 amide bonds. The summed E-state index contributed by atoms with van der Waals surface area (Å²) in [5.74, 6) is -0.0293. The van der Waals surface area contributed by atoms with E-state index in [0.717, 1.165) is 22.7 Å². The smallest absolute Gasteiger partial charge is 0.239 e. The van der Waals surface area contributed by atoms with Crippen LogP contribution in [0.15, 0.2) is 54.6 Å². The van der Waals surface area contributed by atoms with E-state index in [-0.39, 0.29) is 18.5 Å². The van der Waals surface area contributed by atoms with Crippen molar-refractivity contribution < 1.29 is 4.79 Å². The molecule has 0 spiro atoms. The zero-order chi connectivity index (χ0) is 15.1. The van der Waals surface area contributed by atoms with Crippen LogP contribution in [-0.4, -0.2) is 18.5 Å². The lowest BCUT2D eigenvalue weighted by Crippen LogP contribution is -2.37. The number of nitrogens with one attached hydrogen (secondary N) is 2. The number of anilines is 1. The number of benzene rings is 2. The molecule has 0 aliphatic rings. The minimum Gasteiger partial charge on any atom is -0.376 e. The molecule has 4 heteroatoms. The Hall–Kier alpha value is -2.00. The van der Waals surface area contributed by atoms with Crippen LogP contribution in [0.4, 0.5) is 5.69 Å². The number of amides is 1. The van der Waals surface area contributed by atoms with E-state index < -0.39 is 0 Å². The molecule has 110 valence electrons. The summed E-state index contributed by atoms with van der Waals surface area (Å²) < 4.78 is 0. The maximum absolute atomic E-state index is 11.9. The Morgan fingerprint density at radius 3 is 2.48 bits per heavy atom. The van der Waals surface area contributed by atoms with Gasteiger partial charge >= 0.3 is 0 Å². The van der Waals surface area contributed by atoms with Crippen molar-refractivity contribution >= 4 is 23.2 Å². The van der Waals surface area contributed by atoms with Crippen molar-refractivity contribution in [3.63, 3.8) is 0 Å². The van der Waals surface area contributed by atoms with E-state index in [0.29, 0.717) is 0 Å². The summed E-state index contributed by atoms with van der Waals surface area (Å²) in [4.78, 5) is 11.9. The second-order valence-electron chi connectivity index (χ2n) is 4.98. The van der Waals surface area contributed by atoms with Gasteiger partial charge in [0, 0.05) is 16.8 Å². The molecule has 21 heavy (non-hydrogen) atoms. The van der Waals surface area contributed by atoms with Crippen LogP contribution in [-0.2, 0) is 11.2 Å². The summed E-state index contributed by atoms with van der Waals surface area (Å²) in [6.45, 7) is 2.24. The molecule has 0 saturated heterocycles. The molecule has 0 aliphatic carbocycles. The van der Waals surface area contributed by atoms with Crippen LogP contribution in [0, 0.1) is 0 Å². The lowest BCUT2D eigenvalue weighted by Gasteiger charge is -2.15. The number of halogens is 1. The van der Waals surface area contributed by atoms with Gasteiger partial charge in [0.15, 0.2) is 0 Å². The van der Waals surface area contributed by atoms with Crippen molar-refractivity contribution in [3.05, 3.63) is 65.2 Å². The van der Waals surface area contributed by atoms with E-state index in [1.54, 1.807) is 0 Å². The number of para-hydroxylation sites is 1. The van der Waals surface area contributed by atoms with Crippen LogP contribution in [0.2, 0.25) is 5.02 Å². The monoisotopic (exact) mass is 302 g/mol. The Labute approximate surface area is 130 Å². The van der Waals surface area contributed by atoms with Gasteiger partial charge in [0.2, 0.25) is 5.91 Å². The molecule has 1 unspecified atom stereocenters. The van der Waals surface area contributed by atoms with Gasteiger partial charge in [-0.15, -0.1) is 0 Å². The highest BCUT2D eigenvalue weighted by atomic mass is 35.5. The molecule has 3 nitrogen and oxygen atoms in total. The van der Waals surface area contributed by atoms with Crippen LogP contribution < -0.4 is 10.6 Å². The fourth-order valence-corrected chi connectivity index (χ4v) is 2.32. The number of carbonyl (C=O) groups excluding carboxylic acids is 1. The molecular formula is C17H19ClN2O. The Bertz CT molecular complexity index is 586. The van der Waals surface area contributed by atoms with E-state index in [9.17, 15) is 4.79 Å². The number of hydrogen-bond acceptors (Lipinski definition) is 2. The van der Waals surface area contributed by atoms with Gasteiger partial charge in [0.05, 0.1) is 6.54 Å². The summed E-state index contributed by atoms with van der Waals surface area (Å²) in [7, 11) is 0. The van der Waals surface area contributed by atoms with Gasteiger partial charge in [0.1, 0.15) is 0 Å². The Kier molecular flexibility index (Phi) is 5.64. The van der Waals surface area contributed by atoms with Crippen molar-refractivity contribution in [2.75, 3.05) is 11.9 Å². The third-order valence-corrected chi connectivity index (χ3v) is 3.49. The molecular weight excluding hydrogens is 284 g/mol. The van der Waals surface area contributed by atoms with E-state index in [1.807, 2.05) is 61.5 Å². The number of hydrogen-bond donors (Lipinski definition) is 2. The van der Waals surface area contributed by atoms with Gasteiger partial charge in [-0.3, -0.25) is 4.79 Å². The number of rotatable bonds is 6. The Morgan fingerprint density at radius 2 is 1.76 bits per heavy atom. The molecule has 0 bridgehead atoms. The van der Waals surface area contributed by atoms with Crippen LogP contribution in [0.5, 0.6) is 0 Å². The lowest BCUT2D eigenvalue weighted by atomic mass is 10.1. The molecule has 2 aromatic rings. The van der Waals surface area contributed by atoms with Crippen LogP contribution >= 0.6 is 11.6 Å². The van der Waals surface area contributed by atoms with Crippen LogP contribution in [0.1, 0.15) is 12.5 Å². The van der Waals surface area contributed by atoms with Gasteiger partial charge in [-0.1, -0.05) is 48.0 Å². The largest absolute Gasteiger partial charge is 0.376 e. The average Bonchev–Trinajstić information content (AvgIpc) is 2.48. The second kappa shape index (κ2) is 7.70. The SMILES string of the molecule is CC(Cc1ccccc1Cl)NC(=O)CNc1ccccc1. The van der Waals surface area contributed by atoms with Crippen molar-refractivity contribution in [2.24, 2.45) is 0 Å². The van der Waals surface area contributed by atoms with E-state index in [1.165, 1.54) is 0 Å². The summed E-state index contributed by atoms with van der Waals surface area (Å²) in [5.41, 5.74) is 1.98. The first-order valence-corrected chi connectivity index (χ1v) is 7.34. The third kappa shape index (κ3) is 5.12. The zero-order valence-corrected chi connectivity index (χ0v) is 12.7. The molecule has 0 aliphatic heterocycles. The molecule has 2 aromatic carbocycles. The molecule has 2 rings (SSSR count). The minimum atomic E-state index is -0.0293. The Balaban J connectivity index is 1.78. The minimum absolute atomic E-state index is 0.0293. The highest BCUT2D eigenvalue weighted by Crippen LogP contribution is 2.16. The average molecular weight is 303 g/mol. The first-order chi connectivity index (χ1) is 10.1. The second-order valence-corrected chi connectivity index (χ2v) is 5.39. The summed E-state index contributed by atoms with van der Waals surface area (Å²) in [6, 6.07) is 17.4. The van der Waals surface area contributed by atoms with Crippen molar-refractivity contribution in [3.8, 4) is 0 Å². The first kappa shape index (κ1) is 15.4. The summed E-state index contributed by atoms with van der Waals surface area (Å²) in [6.07, 6.45) is 0.719. The van der Waals surface area contributed by atoms with Crippen LogP contribution in [0.3, 0.4) is 0 Å². The zero-order valence-electron chi connectivity index (χ0n) is 12.0. The third-order valence-electron chi connectivity index (χ3n) is 3.12. The molecule has 1 atom stereocenters. The topological polar surface area (TPSA) is 41.1 Å². The van der Waals surface area contributed by atoms with Crippen molar-refractivity contribution in [1.82, 2.24) is 5.32 Å².